The molecule has 1 unspecified atom stereocenters. The van der Waals surface area contributed by atoms with Crippen molar-refractivity contribution in [3.05, 3.63) is 70.3 Å². The number of aryl methyl sites for hydroxylation is 2. The standard InChI is InChI=1S/C17H19F2N/c1-4-20-17(14-8-5-11(2)9-16(14)19)15-10-13(18)7-6-12(15)3/h5-10,17,20H,4H2,1-3H3. The molecule has 0 amide bonds. The monoisotopic (exact) mass is 275 g/mol. The molecule has 0 aromatic heterocycles. The summed E-state index contributed by atoms with van der Waals surface area (Å²) in [6.07, 6.45) is 0. The van der Waals surface area contributed by atoms with Gasteiger partial charge in [-0.1, -0.05) is 25.1 Å². The number of benzene rings is 2. The van der Waals surface area contributed by atoms with Crippen LogP contribution in [0.2, 0.25) is 0 Å². The molecule has 0 saturated carbocycles. The van der Waals surface area contributed by atoms with Gasteiger partial charge in [-0.15, -0.1) is 0 Å². The molecule has 2 rings (SSSR count). The van der Waals surface area contributed by atoms with E-state index in [-0.39, 0.29) is 17.7 Å². The summed E-state index contributed by atoms with van der Waals surface area (Å²) < 4.78 is 27.7. The zero-order valence-corrected chi connectivity index (χ0v) is 12.0. The largest absolute Gasteiger partial charge is 0.306 e. The van der Waals surface area contributed by atoms with Gasteiger partial charge in [0.15, 0.2) is 0 Å². The third kappa shape index (κ3) is 3.05. The van der Waals surface area contributed by atoms with Crippen molar-refractivity contribution >= 4 is 0 Å². The number of rotatable bonds is 4. The lowest BCUT2D eigenvalue weighted by Gasteiger charge is -2.21. The van der Waals surface area contributed by atoms with Gasteiger partial charge in [-0.05, 0) is 55.3 Å². The van der Waals surface area contributed by atoms with Crippen LogP contribution in [-0.2, 0) is 0 Å². The highest BCUT2D eigenvalue weighted by atomic mass is 19.1. The summed E-state index contributed by atoms with van der Waals surface area (Å²) in [5.74, 6) is -0.569. The van der Waals surface area contributed by atoms with Crippen molar-refractivity contribution < 1.29 is 8.78 Å². The number of halogens is 2. The van der Waals surface area contributed by atoms with Crippen molar-refractivity contribution in [2.45, 2.75) is 26.8 Å². The maximum Gasteiger partial charge on any atom is 0.128 e. The Morgan fingerprint density at radius 2 is 1.75 bits per heavy atom. The summed E-state index contributed by atoms with van der Waals surface area (Å²) >= 11 is 0. The van der Waals surface area contributed by atoms with E-state index in [1.807, 2.05) is 26.8 Å². The molecular formula is C17H19F2N. The van der Waals surface area contributed by atoms with Crippen LogP contribution < -0.4 is 5.32 Å². The quantitative estimate of drug-likeness (QED) is 0.878. The van der Waals surface area contributed by atoms with Crippen molar-refractivity contribution in [1.29, 1.82) is 0 Å². The smallest absolute Gasteiger partial charge is 0.128 e. The second-order valence-corrected chi connectivity index (χ2v) is 5.02. The Kier molecular flexibility index (Phi) is 4.50. The lowest BCUT2D eigenvalue weighted by Crippen LogP contribution is -2.24. The zero-order valence-electron chi connectivity index (χ0n) is 12.0. The van der Waals surface area contributed by atoms with Gasteiger partial charge in [0.1, 0.15) is 11.6 Å². The molecule has 1 nitrogen and oxygen atoms in total. The van der Waals surface area contributed by atoms with E-state index < -0.39 is 0 Å². The van der Waals surface area contributed by atoms with E-state index in [9.17, 15) is 8.78 Å². The first-order valence-corrected chi connectivity index (χ1v) is 6.78. The van der Waals surface area contributed by atoms with Crippen molar-refractivity contribution in [2.24, 2.45) is 0 Å². The summed E-state index contributed by atoms with van der Waals surface area (Å²) in [6.45, 7) is 6.38. The average Bonchev–Trinajstić information content (AvgIpc) is 2.40. The lowest BCUT2D eigenvalue weighted by molar-refractivity contribution is 0.552. The van der Waals surface area contributed by atoms with E-state index in [2.05, 4.69) is 5.32 Å². The summed E-state index contributed by atoms with van der Waals surface area (Å²) in [5, 5.41) is 3.24. The van der Waals surface area contributed by atoms with Crippen LogP contribution in [0, 0.1) is 25.5 Å². The van der Waals surface area contributed by atoms with Gasteiger partial charge in [-0.2, -0.15) is 0 Å². The summed E-state index contributed by atoms with van der Waals surface area (Å²) in [7, 11) is 0. The molecule has 3 heteroatoms. The molecule has 0 aliphatic carbocycles. The van der Waals surface area contributed by atoms with E-state index in [1.54, 1.807) is 12.1 Å². The van der Waals surface area contributed by atoms with Crippen molar-refractivity contribution in [3.8, 4) is 0 Å². The van der Waals surface area contributed by atoms with Crippen LogP contribution in [0.5, 0.6) is 0 Å². The highest BCUT2D eigenvalue weighted by Gasteiger charge is 2.19. The molecule has 1 atom stereocenters. The first kappa shape index (κ1) is 14.7. The molecule has 0 saturated heterocycles. The number of nitrogens with one attached hydrogen (secondary N) is 1. The first-order chi connectivity index (χ1) is 9.52. The molecule has 106 valence electrons. The average molecular weight is 275 g/mol. The summed E-state index contributed by atoms with van der Waals surface area (Å²) in [6, 6.07) is 9.43. The molecule has 0 radical (unpaired) electrons. The molecule has 0 fully saturated rings. The van der Waals surface area contributed by atoms with Crippen molar-refractivity contribution in [2.75, 3.05) is 6.54 Å². The Bertz CT molecular complexity index is 608. The maximum absolute atomic E-state index is 14.2. The van der Waals surface area contributed by atoms with Gasteiger partial charge in [0.2, 0.25) is 0 Å². The zero-order chi connectivity index (χ0) is 14.7. The molecule has 0 aliphatic heterocycles. The molecule has 2 aromatic rings. The highest BCUT2D eigenvalue weighted by Crippen LogP contribution is 2.28. The predicted molar refractivity (Wildman–Crippen MR) is 77.8 cm³/mol. The Morgan fingerprint density at radius 1 is 1.00 bits per heavy atom. The van der Waals surface area contributed by atoms with Gasteiger partial charge in [0.05, 0.1) is 6.04 Å². The van der Waals surface area contributed by atoms with E-state index in [0.717, 1.165) is 16.7 Å². The van der Waals surface area contributed by atoms with Crippen LogP contribution in [0.1, 0.15) is 35.2 Å². The molecular weight excluding hydrogens is 256 g/mol. The fraction of sp³-hybridized carbons (Fsp3) is 0.294. The molecule has 20 heavy (non-hydrogen) atoms. The van der Waals surface area contributed by atoms with E-state index in [0.29, 0.717) is 12.1 Å². The van der Waals surface area contributed by atoms with Crippen LogP contribution >= 0.6 is 0 Å². The highest BCUT2D eigenvalue weighted by molar-refractivity contribution is 5.38. The topological polar surface area (TPSA) is 12.0 Å². The minimum absolute atomic E-state index is 0.264. The Labute approximate surface area is 118 Å². The Morgan fingerprint density at radius 3 is 2.40 bits per heavy atom. The Hall–Kier alpha value is -1.74. The fourth-order valence-electron chi connectivity index (χ4n) is 2.38. The van der Waals surface area contributed by atoms with E-state index >= 15 is 0 Å². The van der Waals surface area contributed by atoms with E-state index in [1.165, 1.54) is 18.2 Å². The second-order valence-electron chi connectivity index (χ2n) is 5.02. The van der Waals surface area contributed by atoms with E-state index in [4.69, 9.17) is 0 Å². The van der Waals surface area contributed by atoms with Gasteiger partial charge >= 0.3 is 0 Å². The van der Waals surface area contributed by atoms with Crippen LogP contribution in [0.25, 0.3) is 0 Å². The molecule has 1 N–H and O–H groups in total. The Balaban J connectivity index is 2.53. The van der Waals surface area contributed by atoms with Crippen molar-refractivity contribution in [3.63, 3.8) is 0 Å². The minimum atomic E-state index is -0.337. The predicted octanol–water partition coefficient (Wildman–Crippen LogP) is 4.28. The third-order valence-corrected chi connectivity index (χ3v) is 3.43. The van der Waals surface area contributed by atoms with Crippen molar-refractivity contribution in [1.82, 2.24) is 5.32 Å². The van der Waals surface area contributed by atoms with Crippen LogP contribution in [0.15, 0.2) is 36.4 Å². The molecule has 0 aliphatic rings. The molecule has 0 spiro atoms. The minimum Gasteiger partial charge on any atom is -0.306 e. The number of hydrogen-bond acceptors (Lipinski definition) is 1. The van der Waals surface area contributed by atoms with Crippen LogP contribution in [-0.4, -0.2) is 6.54 Å². The molecule has 0 bridgehead atoms. The molecule has 0 heterocycles. The van der Waals surface area contributed by atoms with Gasteiger partial charge in [0, 0.05) is 5.56 Å². The van der Waals surface area contributed by atoms with Gasteiger partial charge < -0.3 is 5.32 Å². The maximum atomic E-state index is 14.2. The molecule has 2 aromatic carbocycles. The van der Waals surface area contributed by atoms with Gasteiger partial charge in [-0.25, -0.2) is 8.78 Å². The normalized spacial score (nSPS) is 12.4. The van der Waals surface area contributed by atoms with Crippen LogP contribution in [0.3, 0.4) is 0 Å². The summed E-state index contributed by atoms with van der Waals surface area (Å²) in [4.78, 5) is 0. The number of hydrogen-bond donors (Lipinski definition) is 1. The third-order valence-electron chi connectivity index (χ3n) is 3.43. The van der Waals surface area contributed by atoms with Gasteiger partial charge in [0.25, 0.3) is 0 Å². The SMILES string of the molecule is CCNC(c1cc(F)ccc1C)c1ccc(C)cc1F. The van der Waals surface area contributed by atoms with Gasteiger partial charge in [-0.3, -0.25) is 0 Å². The van der Waals surface area contributed by atoms with Crippen LogP contribution in [0.4, 0.5) is 8.78 Å². The first-order valence-electron chi connectivity index (χ1n) is 6.78. The fourth-order valence-corrected chi connectivity index (χ4v) is 2.38. The lowest BCUT2D eigenvalue weighted by atomic mass is 9.94. The second kappa shape index (κ2) is 6.14. The summed E-state index contributed by atoms with van der Waals surface area (Å²) in [5.41, 5.74) is 3.13.